The number of piperazine rings is 1. The average Bonchev–Trinajstić information content (AvgIpc) is 2.89. The molecule has 1 spiro atoms. The second-order valence-electron chi connectivity index (χ2n) is 5.83. The van der Waals surface area contributed by atoms with Crippen molar-refractivity contribution in [3.05, 3.63) is 34.7 Å². The zero-order valence-corrected chi connectivity index (χ0v) is 11.5. The van der Waals surface area contributed by atoms with E-state index < -0.39 is 0 Å². The molecule has 0 aromatic carbocycles. The van der Waals surface area contributed by atoms with Crippen LogP contribution in [0.25, 0.3) is 0 Å². The third-order valence-corrected chi connectivity index (χ3v) is 4.73. The Bertz CT molecular complexity index is 476. The van der Waals surface area contributed by atoms with Crippen LogP contribution in [-0.4, -0.2) is 41.2 Å². The predicted molar refractivity (Wildman–Crippen MR) is 76.3 cm³/mol. The molecule has 3 rings (SSSR count). The van der Waals surface area contributed by atoms with Crippen LogP contribution in [0, 0.1) is 0 Å². The van der Waals surface area contributed by atoms with E-state index in [0.717, 1.165) is 32.7 Å². The van der Waals surface area contributed by atoms with E-state index in [1.165, 1.54) is 25.7 Å². The average molecular weight is 261 g/mol. The second kappa shape index (κ2) is 5.47. The maximum Gasteiger partial charge on any atom is 0.250 e. The van der Waals surface area contributed by atoms with Gasteiger partial charge in [0.2, 0.25) is 0 Å². The minimum atomic E-state index is 0.109. The number of rotatable bonds is 3. The molecule has 1 saturated carbocycles. The summed E-state index contributed by atoms with van der Waals surface area (Å²) in [6.07, 6.45) is 7.21. The highest BCUT2D eigenvalue weighted by Crippen LogP contribution is 2.35. The standard InChI is InChI=1S/C15H23N3O/c19-14-5-1-4-9-17(14)11-12-18-10-8-16-13-15(18)6-2-3-7-15/h1,4-5,9,16H,2-3,6-8,10-13H2. The number of hydrogen-bond donors (Lipinski definition) is 1. The van der Waals surface area contributed by atoms with Crippen LogP contribution in [0.1, 0.15) is 25.7 Å². The van der Waals surface area contributed by atoms with Crippen molar-refractivity contribution in [2.45, 2.75) is 37.8 Å². The van der Waals surface area contributed by atoms with E-state index in [2.05, 4.69) is 10.2 Å². The fourth-order valence-electron chi connectivity index (χ4n) is 3.63. The maximum absolute atomic E-state index is 11.7. The van der Waals surface area contributed by atoms with Gasteiger partial charge in [0.1, 0.15) is 0 Å². The van der Waals surface area contributed by atoms with Gasteiger partial charge in [-0.3, -0.25) is 9.69 Å². The lowest BCUT2D eigenvalue weighted by atomic mass is 9.93. The maximum atomic E-state index is 11.7. The van der Waals surface area contributed by atoms with Crippen molar-refractivity contribution >= 4 is 0 Å². The monoisotopic (exact) mass is 261 g/mol. The van der Waals surface area contributed by atoms with Crippen LogP contribution < -0.4 is 10.9 Å². The minimum Gasteiger partial charge on any atom is -0.314 e. The van der Waals surface area contributed by atoms with Gasteiger partial charge in [-0.2, -0.15) is 0 Å². The molecular weight excluding hydrogens is 238 g/mol. The predicted octanol–water partition coefficient (Wildman–Crippen LogP) is 1.07. The molecule has 1 N–H and O–H groups in total. The van der Waals surface area contributed by atoms with Gasteiger partial charge in [-0.15, -0.1) is 0 Å². The summed E-state index contributed by atoms with van der Waals surface area (Å²) in [5, 5.41) is 3.55. The summed E-state index contributed by atoms with van der Waals surface area (Å²) < 4.78 is 1.82. The Morgan fingerprint density at radius 1 is 1.21 bits per heavy atom. The van der Waals surface area contributed by atoms with E-state index in [1.54, 1.807) is 6.07 Å². The number of nitrogens with zero attached hydrogens (tertiary/aromatic N) is 2. The summed E-state index contributed by atoms with van der Waals surface area (Å²) in [6.45, 7) is 5.11. The summed E-state index contributed by atoms with van der Waals surface area (Å²) in [5.41, 5.74) is 0.481. The number of nitrogens with one attached hydrogen (secondary N) is 1. The molecule has 2 heterocycles. The fourth-order valence-corrected chi connectivity index (χ4v) is 3.63. The van der Waals surface area contributed by atoms with Gasteiger partial charge in [-0.25, -0.2) is 0 Å². The third kappa shape index (κ3) is 2.60. The first-order valence-corrected chi connectivity index (χ1v) is 7.41. The summed E-state index contributed by atoms with van der Waals surface area (Å²) in [6, 6.07) is 5.38. The van der Waals surface area contributed by atoms with E-state index in [-0.39, 0.29) is 5.56 Å². The summed E-state index contributed by atoms with van der Waals surface area (Å²) in [7, 11) is 0. The fraction of sp³-hybridized carbons (Fsp3) is 0.667. The van der Waals surface area contributed by atoms with Gasteiger partial charge in [0.15, 0.2) is 0 Å². The van der Waals surface area contributed by atoms with Crippen molar-refractivity contribution in [3.63, 3.8) is 0 Å². The molecule has 2 fully saturated rings. The van der Waals surface area contributed by atoms with Crippen LogP contribution in [0.3, 0.4) is 0 Å². The Hall–Kier alpha value is -1.13. The molecule has 19 heavy (non-hydrogen) atoms. The molecule has 4 nitrogen and oxygen atoms in total. The molecule has 0 atom stereocenters. The van der Waals surface area contributed by atoms with Crippen molar-refractivity contribution in [1.29, 1.82) is 0 Å². The Morgan fingerprint density at radius 2 is 2.05 bits per heavy atom. The first-order valence-electron chi connectivity index (χ1n) is 7.41. The third-order valence-electron chi connectivity index (χ3n) is 4.73. The molecule has 0 unspecified atom stereocenters. The van der Waals surface area contributed by atoms with Crippen molar-refractivity contribution in [2.24, 2.45) is 0 Å². The molecule has 1 aliphatic heterocycles. The van der Waals surface area contributed by atoms with Gasteiger partial charge in [0, 0.05) is 50.5 Å². The van der Waals surface area contributed by atoms with E-state index in [9.17, 15) is 4.79 Å². The largest absolute Gasteiger partial charge is 0.314 e. The van der Waals surface area contributed by atoms with Gasteiger partial charge in [-0.05, 0) is 18.9 Å². The molecule has 0 radical (unpaired) electrons. The van der Waals surface area contributed by atoms with E-state index >= 15 is 0 Å². The molecule has 1 aliphatic carbocycles. The number of hydrogen-bond acceptors (Lipinski definition) is 3. The van der Waals surface area contributed by atoms with Crippen LogP contribution in [0.5, 0.6) is 0 Å². The van der Waals surface area contributed by atoms with Crippen molar-refractivity contribution < 1.29 is 0 Å². The highest BCUT2D eigenvalue weighted by atomic mass is 16.1. The summed E-state index contributed by atoms with van der Waals surface area (Å²) in [4.78, 5) is 14.4. The zero-order valence-electron chi connectivity index (χ0n) is 11.5. The zero-order chi connectivity index (χ0) is 13.1. The SMILES string of the molecule is O=c1ccccn1CCN1CCNCC12CCCC2. The lowest BCUT2D eigenvalue weighted by Gasteiger charge is -2.45. The molecule has 0 amide bonds. The first-order chi connectivity index (χ1) is 9.30. The molecular formula is C15H23N3O. The summed E-state index contributed by atoms with van der Waals surface area (Å²) >= 11 is 0. The van der Waals surface area contributed by atoms with Crippen LogP contribution >= 0.6 is 0 Å². The minimum absolute atomic E-state index is 0.109. The second-order valence-corrected chi connectivity index (χ2v) is 5.83. The van der Waals surface area contributed by atoms with Crippen LogP contribution in [0.2, 0.25) is 0 Å². The van der Waals surface area contributed by atoms with E-state index in [0.29, 0.717) is 5.54 Å². The van der Waals surface area contributed by atoms with Crippen molar-refractivity contribution in [1.82, 2.24) is 14.8 Å². The Kier molecular flexibility index (Phi) is 3.71. The highest BCUT2D eigenvalue weighted by molar-refractivity contribution is 5.00. The molecule has 1 aromatic heterocycles. The molecule has 2 aliphatic rings. The number of aromatic nitrogens is 1. The Morgan fingerprint density at radius 3 is 2.84 bits per heavy atom. The molecule has 104 valence electrons. The van der Waals surface area contributed by atoms with Crippen LogP contribution in [0.4, 0.5) is 0 Å². The van der Waals surface area contributed by atoms with Crippen molar-refractivity contribution in [3.8, 4) is 0 Å². The topological polar surface area (TPSA) is 37.3 Å². The highest BCUT2D eigenvalue weighted by Gasteiger charge is 2.40. The van der Waals surface area contributed by atoms with Gasteiger partial charge in [0.25, 0.3) is 5.56 Å². The summed E-state index contributed by atoms with van der Waals surface area (Å²) in [5.74, 6) is 0. The lowest BCUT2D eigenvalue weighted by molar-refractivity contribution is 0.0612. The Labute approximate surface area is 114 Å². The van der Waals surface area contributed by atoms with E-state index in [4.69, 9.17) is 0 Å². The molecule has 4 heteroatoms. The van der Waals surface area contributed by atoms with Crippen molar-refractivity contribution in [2.75, 3.05) is 26.2 Å². The van der Waals surface area contributed by atoms with Gasteiger partial charge in [0.05, 0.1) is 0 Å². The lowest BCUT2D eigenvalue weighted by Crippen LogP contribution is -2.60. The van der Waals surface area contributed by atoms with Gasteiger partial charge < -0.3 is 9.88 Å². The normalized spacial score (nSPS) is 22.9. The molecule has 1 aromatic rings. The van der Waals surface area contributed by atoms with Gasteiger partial charge >= 0.3 is 0 Å². The van der Waals surface area contributed by atoms with Crippen LogP contribution in [0.15, 0.2) is 29.2 Å². The first kappa shape index (κ1) is 12.9. The van der Waals surface area contributed by atoms with Gasteiger partial charge in [-0.1, -0.05) is 18.9 Å². The smallest absolute Gasteiger partial charge is 0.250 e. The van der Waals surface area contributed by atoms with Crippen LogP contribution in [-0.2, 0) is 6.54 Å². The Balaban J connectivity index is 1.68. The number of pyridine rings is 1. The van der Waals surface area contributed by atoms with E-state index in [1.807, 2.05) is 22.9 Å². The molecule has 1 saturated heterocycles. The quantitative estimate of drug-likeness (QED) is 0.884. The molecule has 0 bridgehead atoms.